The highest BCUT2D eigenvalue weighted by molar-refractivity contribution is 5.89. The summed E-state index contributed by atoms with van der Waals surface area (Å²) in [6.07, 6.45) is 2.01. The number of carbonyl (C=O) groups is 2. The molecule has 1 atom stereocenters. The minimum atomic E-state index is -0.195. The molecule has 28 heavy (non-hydrogen) atoms. The van der Waals surface area contributed by atoms with Gasteiger partial charge < -0.3 is 9.80 Å². The number of carbonyl (C=O) groups excluding carboxylic acids is 2. The third-order valence-electron chi connectivity index (χ3n) is 5.92. The zero-order valence-corrected chi connectivity index (χ0v) is 17.1. The Morgan fingerprint density at radius 1 is 1.14 bits per heavy atom. The van der Waals surface area contributed by atoms with Gasteiger partial charge in [0, 0.05) is 44.4 Å². The second kappa shape index (κ2) is 6.83. The number of likely N-dealkylation sites (tertiary alicyclic amines) is 2. The van der Waals surface area contributed by atoms with Crippen LogP contribution in [0.1, 0.15) is 57.5 Å². The average Bonchev–Trinajstić information content (AvgIpc) is 3.23. The van der Waals surface area contributed by atoms with E-state index < -0.39 is 0 Å². The molecule has 0 saturated carbocycles. The molecule has 0 aliphatic carbocycles. The third kappa shape index (κ3) is 3.36. The van der Waals surface area contributed by atoms with E-state index in [-0.39, 0.29) is 29.1 Å². The molecule has 0 spiro atoms. The van der Waals surface area contributed by atoms with Gasteiger partial charge in [-0.25, -0.2) is 0 Å². The van der Waals surface area contributed by atoms with Gasteiger partial charge in [0.1, 0.15) is 0 Å². The maximum absolute atomic E-state index is 12.8. The van der Waals surface area contributed by atoms with Crippen LogP contribution in [0, 0.1) is 5.92 Å². The standard InChI is InChI=1S/C20H28N6O2/c1-20(2,3)15-5-6-16-21-22-18(26(16)23-15)13-7-9-25(10-8-13)19(28)14-11-17(27)24(4)12-14/h5-6,13-14H,7-12H2,1-4H3. The number of nitrogens with zero attached hydrogens (tertiary/aromatic N) is 6. The van der Waals surface area contributed by atoms with Crippen molar-refractivity contribution in [3.8, 4) is 0 Å². The molecule has 4 rings (SSSR count). The first-order chi connectivity index (χ1) is 13.2. The molecule has 2 fully saturated rings. The Kier molecular flexibility index (Phi) is 4.59. The Morgan fingerprint density at radius 3 is 2.46 bits per heavy atom. The first kappa shape index (κ1) is 18.8. The van der Waals surface area contributed by atoms with E-state index in [9.17, 15) is 9.59 Å². The molecule has 2 aliphatic rings. The molecule has 8 nitrogen and oxygen atoms in total. The Labute approximate surface area is 164 Å². The van der Waals surface area contributed by atoms with Crippen LogP contribution in [0.25, 0.3) is 5.65 Å². The molecule has 1 unspecified atom stereocenters. The van der Waals surface area contributed by atoms with E-state index in [1.165, 1.54) is 0 Å². The first-order valence-corrected chi connectivity index (χ1v) is 9.99. The normalized spacial score (nSPS) is 21.7. The fourth-order valence-electron chi connectivity index (χ4n) is 4.11. The van der Waals surface area contributed by atoms with Crippen molar-refractivity contribution in [2.24, 2.45) is 5.92 Å². The van der Waals surface area contributed by atoms with E-state index in [0.29, 0.717) is 26.1 Å². The molecule has 2 saturated heterocycles. The molecule has 2 amide bonds. The molecule has 150 valence electrons. The molecule has 0 aromatic carbocycles. The van der Waals surface area contributed by atoms with E-state index in [1.54, 1.807) is 11.9 Å². The number of hydrogen-bond donors (Lipinski definition) is 0. The third-order valence-corrected chi connectivity index (χ3v) is 5.92. The summed E-state index contributed by atoms with van der Waals surface area (Å²) in [5.41, 5.74) is 1.72. The molecular formula is C20H28N6O2. The van der Waals surface area contributed by atoms with E-state index >= 15 is 0 Å². The summed E-state index contributed by atoms with van der Waals surface area (Å²) >= 11 is 0. The summed E-state index contributed by atoms with van der Waals surface area (Å²) in [7, 11) is 1.76. The van der Waals surface area contributed by atoms with Crippen LogP contribution in [-0.4, -0.2) is 68.1 Å². The summed E-state index contributed by atoms with van der Waals surface area (Å²) in [6, 6.07) is 3.98. The highest BCUT2D eigenvalue weighted by Crippen LogP contribution is 2.29. The summed E-state index contributed by atoms with van der Waals surface area (Å²) in [5, 5.41) is 13.5. The number of hydrogen-bond acceptors (Lipinski definition) is 5. The minimum Gasteiger partial charge on any atom is -0.345 e. The summed E-state index contributed by atoms with van der Waals surface area (Å²) in [5.74, 6) is 1.08. The Morgan fingerprint density at radius 2 is 1.86 bits per heavy atom. The quantitative estimate of drug-likeness (QED) is 0.785. The maximum Gasteiger partial charge on any atom is 0.227 e. The molecule has 8 heteroatoms. The lowest BCUT2D eigenvalue weighted by Gasteiger charge is -2.32. The number of amides is 2. The molecule has 0 bridgehead atoms. The lowest BCUT2D eigenvalue weighted by molar-refractivity contribution is -0.136. The van der Waals surface area contributed by atoms with E-state index in [4.69, 9.17) is 5.10 Å². The Bertz CT molecular complexity index is 907. The lowest BCUT2D eigenvalue weighted by Crippen LogP contribution is -2.42. The van der Waals surface area contributed by atoms with Crippen molar-refractivity contribution in [1.82, 2.24) is 29.6 Å². The Hall–Kier alpha value is -2.51. The lowest BCUT2D eigenvalue weighted by atomic mass is 9.92. The number of fused-ring (bicyclic) bond motifs is 1. The second-order valence-corrected chi connectivity index (χ2v) is 9.07. The fraction of sp³-hybridized carbons (Fsp3) is 0.650. The van der Waals surface area contributed by atoms with Gasteiger partial charge in [-0.15, -0.1) is 10.2 Å². The van der Waals surface area contributed by atoms with Crippen molar-refractivity contribution in [2.75, 3.05) is 26.7 Å². The van der Waals surface area contributed by atoms with Crippen molar-refractivity contribution >= 4 is 17.5 Å². The van der Waals surface area contributed by atoms with Crippen molar-refractivity contribution in [1.29, 1.82) is 0 Å². The largest absolute Gasteiger partial charge is 0.345 e. The molecule has 2 aromatic heterocycles. The van der Waals surface area contributed by atoms with Crippen molar-refractivity contribution < 1.29 is 9.59 Å². The van der Waals surface area contributed by atoms with Crippen molar-refractivity contribution in [3.63, 3.8) is 0 Å². The van der Waals surface area contributed by atoms with Crippen LogP contribution < -0.4 is 0 Å². The van der Waals surface area contributed by atoms with Gasteiger partial charge in [-0.05, 0) is 25.0 Å². The molecule has 0 radical (unpaired) electrons. The van der Waals surface area contributed by atoms with E-state index in [2.05, 4.69) is 31.0 Å². The van der Waals surface area contributed by atoms with E-state index in [0.717, 1.165) is 30.0 Å². The smallest absolute Gasteiger partial charge is 0.227 e. The number of piperidine rings is 1. The van der Waals surface area contributed by atoms with Crippen LogP contribution in [0.4, 0.5) is 0 Å². The zero-order valence-electron chi connectivity index (χ0n) is 17.1. The molecule has 2 aliphatic heterocycles. The highest BCUT2D eigenvalue weighted by Gasteiger charge is 2.36. The monoisotopic (exact) mass is 384 g/mol. The average molecular weight is 384 g/mol. The zero-order chi connectivity index (χ0) is 20.1. The Balaban J connectivity index is 1.47. The van der Waals surface area contributed by atoms with Crippen LogP contribution in [-0.2, 0) is 15.0 Å². The van der Waals surface area contributed by atoms with E-state index in [1.807, 2.05) is 21.5 Å². The SMILES string of the molecule is CN1CC(C(=O)N2CCC(c3nnc4ccc(C(C)(C)C)nn34)CC2)CC1=O. The fourth-order valence-corrected chi connectivity index (χ4v) is 4.11. The summed E-state index contributed by atoms with van der Waals surface area (Å²) < 4.78 is 1.87. The molecule has 2 aromatic rings. The maximum atomic E-state index is 12.8. The van der Waals surface area contributed by atoms with Gasteiger partial charge in [0.05, 0.1) is 11.6 Å². The number of rotatable bonds is 2. The van der Waals surface area contributed by atoms with Crippen LogP contribution in [0.3, 0.4) is 0 Å². The summed E-state index contributed by atoms with van der Waals surface area (Å²) in [6.45, 7) is 8.32. The van der Waals surface area contributed by atoms with Gasteiger partial charge in [-0.3, -0.25) is 9.59 Å². The van der Waals surface area contributed by atoms with Crippen LogP contribution in [0.5, 0.6) is 0 Å². The van der Waals surface area contributed by atoms with Crippen molar-refractivity contribution in [3.05, 3.63) is 23.7 Å². The van der Waals surface area contributed by atoms with Gasteiger partial charge >= 0.3 is 0 Å². The molecule has 4 heterocycles. The van der Waals surface area contributed by atoms with Gasteiger partial charge in [0.2, 0.25) is 11.8 Å². The van der Waals surface area contributed by atoms with Crippen LogP contribution >= 0.6 is 0 Å². The molecular weight excluding hydrogens is 356 g/mol. The second-order valence-electron chi connectivity index (χ2n) is 9.07. The van der Waals surface area contributed by atoms with Gasteiger partial charge in [0.25, 0.3) is 0 Å². The van der Waals surface area contributed by atoms with Gasteiger partial charge in [-0.1, -0.05) is 20.8 Å². The van der Waals surface area contributed by atoms with Gasteiger partial charge in [-0.2, -0.15) is 9.61 Å². The van der Waals surface area contributed by atoms with Crippen LogP contribution in [0.2, 0.25) is 0 Å². The van der Waals surface area contributed by atoms with Gasteiger partial charge in [0.15, 0.2) is 11.5 Å². The predicted molar refractivity (Wildman–Crippen MR) is 104 cm³/mol. The van der Waals surface area contributed by atoms with Crippen LogP contribution in [0.15, 0.2) is 12.1 Å². The first-order valence-electron chi connectivity index (χ1n) is 9.99. The topological polar surface area (TPSA) is 83.7 Å². The highest BCUT2D eigenvalue weighted by atomic mass is 16.2. The van der Waals surface area contributed by atoms with Crippen molar-refractivity contribution in [2.45, 2.75) is 51.4 Å². The summed E-state index contributed by atoms with van der Waals surface area (Å²) in [4.78, 5) is 28.0. The predicted octanol–water partition coefficient (Wildman–Crippen LogP) is 1.61. The number of aromatic nitrogens is 4. The minimum absolute atomic E-state index is 0.0443. The molecule has 0 N–H and O–H groups in total.